The Hall–Kier alpha value is -2.83. The van der Waals surface area contributed by atoms with E-state index in [0.29, 0.717) is 10.0 Å². The molecule has 5 atom stereocenters. The van der Waals surface area contributed by atoms with Crippen LogP contribution in [0.5, 0.6) is 0 Å². The summed E-state index contributed by atoms with van der Waals surface area (Å²) in [5.74, 6) is -5.74. The Kier molecular flexibility index (Phi) is 11.6. The number of alkyl halides is 3. The molecule has 2 aromatic carbocycles. The van der Waals surface area contributed by atoms with E-state index in [1.807, 2.05) is 19.9 Å². The fourth-order valence-corrected chi connectivity index (χ4v) is 7.80. The van der Waals surface area contributed by atoms with Crippen LogP contribution >= 0.6 is 23.2 Å². The first-order valence-corrected chi connectivity index (χ1v) is 16.7. The van der Waals surface area contributed by atoms with Gasteiger partial charge in [-0.15, -0.1) is 0 Å². The van der Waals surface area contributed by atoms with Gasteiger partial charge in [0.25, 0.3) is 0 Å². The third-order valence-corrected chi connectivity index (χ3v) is 10.1. The summed E-state index contributed by atoms with van der Waals surface area (Å²) in [6, 6.07) is 12.9. The lowest BCUT2D eigenvalue weighted by molar-refractivity contribution is -0.171. The lowest BCUT2D eigenvalue weighted by Crippen LogP contribution is -2.57. The molecule has 0 aromatic heterocycles. The van der Waals surface area contributed by atoms with Gasteiger partial charge in [-0.2, -0.15) is 13.2 Å². The Morgan fingerprint density at radius 1 is 1.07 bits per heavy atom. The van der Waals surface area contributed by atoms with Gasteiger partial charge in [0.1, 0.15) is 0 Å². The molecule has 0 radical (unpaired) electrons. The molecule has 0 spiro atoms. The molecule has 8 nitrogen and oxygen atoms in total. The number of hydrogen-bond acceptors (Lipinski definition) is 6. The summed E-state index contributed by atoms with van der Waals surface area (Å²) in [6.45, 7) is 6.92. The summed E-state index contributed by atoms with van der Waals surface area (Å²) in [6.07, 6.45) is -5.28. The molecular formula is C31H37Cl2F3N2O6S. The molecule has 1 aliphatic rings. The molecule has 1 N–H and O–H groups in total. The monoisotopic (exact) mass is 692 g/mol. The van der Waals surface area contributed by atoms with E-state index < -0.39 is 57.2 Å². The van der Waals surface area contributed by atoms with Gasteiger partial charge >= 0.3 is 18.1 Å². The lowest BCUT2D eigenvalue weighted by Gasteiger charge is -2.53. The van der Waals surface area contributed by atoms with Crippen molar-refractivity contribution in [3.8, 4) is 0 Å². The minimum Gasteiger partial charge on any atom is -0.469 e. The topological polar surface area (TPSA) is 110 Å². The zero-order valence-corrected chi connectivity index (χ0v) is 27.9. The van der Waals surface area contributed by atoms with Crippen molar-refractivity contribution in [1.29, 1.82) is 0 Å². The van der Waals surface area contributed by atoms with Crippen LogP contribution in [0.4, 0.5) is 13.2 Å². The summed E-state index contributed by atoms with van der Waals surface area (Å²) in [5, 5.41) is 0.947. The maximum atomic E-state index is 14.6. The van der Waals surface area contributed by atoms with Gasteiger partial charge < -0.3 is 9.64 Å². The first kappa shape index (κ1) is 36.6. The maximum absolute atomic E-state index is 14.6. The van der Waals surface area contributed by atoms with E-state index in [-0.39, 0.29) is 37.0 Å². The number of ether oxygens (including phenoxy) is 1. The number of rotatable bonds is 11. The number of hydrogen-bond donors (Lipinski definition) is 1. The molecule has 1 fully saturated rings. The van der Waals surface area contributed by atoms with Crippen molar-refractivity contribution < 1.29 is 40.7 Å². The van der Waals surface area contributed by atoms with Crippen LogP contribution in [-0.2, 0) is 29.1 Å². The molecule has 0 saturated carbocycles. The second-order valence-corrected chi connectivity index (χ2v) is 14.9. The van der Waals surface area contributed by atoms with Crippen LogP contribution in [-0.4, -0.2) is 56.2 Å². The predicted octanol–water partition coefficient (Wildman–Crippen LogP) is 6.68. The highest BCUT2D eigenvalue weighted by Gasteiger charge is 2.53. The molecule has 1 heterocycles. The molecule has 2 aromatic rings. The summed E-state index contributed by atoms with van der Waals surface area (Å²) in [5.41, 5.74) is 0.317. The average Bonchev–Trinajstić information content (AvgIpc) is 2.92. The maximum Gasteiger partial charge on any atom is 0.472 e. The molecule has 0 bridgehead atoms. The van der Waals surface area contributed by atoms with E-state index in [2.05, 4.69) is 0 Å². The predicted molar refractivity (Wildman–Crippen MR) is 165 cm³/mol. The normalized spacial score (nSPS) is 22.2. The molecule has 1 saturated heterocycles. The number of likely N-dealkylation sites (tertiary alicyclic amines) is 1. The number of amides is 2. The Balaban J connectivity index is 2.15. The first-order valence-electron chi connectivity index (χ1n) is 14.3. The van der Waals surface area contributed by atoms with Crippen molar-refractivity contribution in [3.63, 3.8) is 0 Å². The molecule has 45 heavy (non-hydrogen) atoms. The Labute approximate surface area is 271 Å². The zero-order valence-electron chi connectivity index (χ0n) is 25.5. The number of sulfonamides is 1. The third kappa shape index (κ3) is 9.13. The molecular weight excluding hydrogens is 656 g/mol. The number of piperidine rings is 1. The molecule has 1 unspecified atom stereocenters. The van der Waals surface area contributed by atoms with Crippen molar-refractivity contribution in [3.05, 3.63) is 69.7 Å². The van der Waals surface area contributed by atoms with Crippen LogP contribution in [0.15, 0.2) is 48.5 Å². The Morgan fingerprint density at radius 3 is 2.22 bits per heavy atom. The van der Waals surface area contributed by atoms with Gasteiger partial charge in [-0.05, 0) is 60.1 Å². The largest absolute Gasteiger partial charge is 0.472 e. The highest BCUT2D eigenvalue weighted by molar-refractivity contribution is 7.90. The first-order chi connectivity index (χ1) is 20.8. The van der Waals surface area contributed by atoms with Gasteiger partial charge in [-0.3, -0.25) is 14.4 Å². The van der Waals surface area contributed by atoms with Crippen molar-refractivity contribution in [1.82, 2.24) is 9.62 Å². The second kappa shape index (κ2) is 14.3. The van der Waals surface area contributed by atoms with Crippen LogP contribution in [0, 0.1) is 17.3 Å². The summed E-state index contributed by atoms with van der Waals surface area (Å²) in [4.78, 5) is 40.3. The van der Waals surface area contributed by atoms with E-state index in [9.17, 15) is 36.0 Å². The highest BCUT2D eigenvalue weighted by atomic mass is 35.5. The van der Waals surface area contributed by atoms with Gasteiger partial charge in [0, 0.05) is 22.0 Å². The number of benzene rings is 2. The molecule has 2 amide bonds. The van der Waals surface area contributed by atoms with Crippen LogP contribution in [0.1, 0.15) is 70.0 Å². The molecule has 3 rings (SSSR count). The van der Waals surface area contributed by atoms with Gasteiger partial charge in [0.2, 0.25) is 15.9 Å². The van der Waals surface area contributed by atoms with Gasteiger partial charge in [-0.1, -0.05) is 75.2 Å². The number of carbonyl (C=O) groups excluding carboxylic acids is 3. The lowest BCUT2D eigenvalue weighted by atomic mass is 9.66. The van der Waals surface area contributed by atoms with Crippen LogP contribution < -0.4 is 4.72 Å². The number of halogens is 5. The molecule has 14 heteroatoms. The molecule has 248 valence electrons. The van der Waals surface area contributed by atoms with Crippen molar-refractivity contribution >= 4 is 51.0 Å². The van der Waals surface area contributed by atoms with Crippen molar-refractivity contribution in [2.24, 2.45) is 17.3 Å². The van der Waals surface area contributed by atoms with Gasteiger partial charge in [-0.25, -0.2) is 13.1 Å². The summed E-state index contributed by atoms with van der Waals surface area (Å²) < 4.78 is 69.4. The van der Waals surface area contributed by atoms with E-state index >= 15 is 0 Å². The quantitative estimate of drug-likeness (QED) is 0.263. The van der Waals surface area contributed by atoms with Crippen LogP contribution in [0.3, 0.4) is 0 Å². The molecule has 0 aliphatic carbocycles. The average molecular weight is 694 g/mol. The van der Waals surface area contributed by atoms with Gasteiger partial charge in [0.15, 0.2) is 0 Å². The summed E-state index contributed by atoms with van der Waals surface area (Å²) in [7, 11) is -3.43. The Bertz CT molecular complexity index is 1500. The fraction of sp³-hybridized carbons (Fsp3) is 0.516. The summed E-state index contributed by atoms with van der Waals surface area (Å²) >= 11 is 12.6. The van der Waals surface area contributed by atoms with Crippen LogP contribution in [0.2, 0.25) is 10.0 Å². The molecule has 1 aliphatic heterocycles. The third-order valence-electron chi connectivity index (χ3n) is 8.13. The smallest absolute Gasteiger partial charge is 0.469 e. The van der Waals surface area contributed by atoms with E-state index in [1.54, 1.807) is 54.3 Å². The van der Waals surface area contributed by atoms with Crippen LogP contribution in [0.25, 0.3) is 0 Å². The van der Waals surface area contributed by atoms with Crippen molar-refractivity contribution in [2.45, 2.75) is 71.1 Å². The van der Waals surface area contributed by atoms with E-state index in [4.69, 9.17) is 27.9 Å². The van der Waals surface area contributed by atoms with Gasteiger partial charge in [0.05, 0.1) is 30.7 Å². The highest BCUT2D eigenvalue weighted by Crippen LogP contribution is 2.53. The SMILES string of the molecule is COC(=O)C[C@@]1(C)C[C@H](c2cccc(Cl)c2)[C@@H](c2ccc(Cl)cc2)N([C@@H](CC(C)CS(=O)(=O)NC(=O)C(F)(F)F)C(C)C)C1=O. The zero-order chi connectivity index (χ0) is 33.9. The number of methoxy groups -OCH3 is 1. The standard InChI is InChI=1S/C31H37Cl2F3N2O6S/c1-18(2)25(13-19(3)17-45(42,43)37-28(40)31(34,35)36)38-27(20-9-11-22(32)12-10-20)24(21-7-6-8-23(33)14-21)15-30(4,29(38)41)16-26(39)44-5/h6-12,14,18-19,24-25,27H,13,15-17H2,1-5H3,(H,37,40)/t19?,24-,25+,27-,30-/m1/s1. The van der Waals surface area contributed by atoms with E-state index in [1.165, 1.54) is 14.0 Å². The number of nitrogens with zero attached hydrogens (tertiary/aromatic N) is 1. The number of nitrogens with one attached hydrogen (secondary N) is 1. The Morgan fingerprint density at radius 2 is 1.69 bits per heavy atom. The fourth-order valence-electron chi connectivity index (χ4n) is 6.10. The minimum atomic E-state index is -5.37. The van der Waals surface area contributed by atoms with Crippen molar-refractivity contribution in [2.75, 3.05) is 12.9 Å². The number of esters is 1. The van der Waals surface area contributed by atoms with E-state index in [0.717, 1.165) is 15.8 Å². The number of carbonyl (C=O) groups is 3. The second-order valence-electron chi connectivity index (χ2n) is 12.3. The minimum absolute atomic E-state index is 0.0607.